The summed E-state index contributed by atoms with van der Waals surface area (Å²) in [6.45, 7) is 3.90. The quantitative estimate of drug-likeness (QED) is 0.663. The third kappa shape index (κ3) is 3.37. The number of aryl methyl sites for hydroxylation is 1. The molecule has 4 rings (SSSR count). The molecule has 0 spiro atoms. The molecule has 3 aromatic rings. The van der Waals surface area contributed by atoms with Crippen molar-refractivity contribution >= 4 is 5.65 Å². The van der Waals surface area contributed by atoms with Crippen LogP contribution in [0.4, 0.5) is 4.39 Å². The maximum absolute atomic E-state index is 13.2. The number of hydrogen-bond acceptors (Lipinski definition) is 4. The van der Waals surface area contributed by atoms with Gasteiger partial charge in [-0.2, -0.15) is 5.26 Å². The average Bonchev–Trinajstić information content (AvgIpc) is 3.40. The Kier molecular flexibility index (Phi) is 4.31. The Hall–Kier alpha value is -2.94. The van der Waals surface area contributed by atoms with Crippen LogP contribution < -0.4 is 4.74 Å². The number of nitrogens with zero attached hydrogens (tertiary/aromatic N) is 4. The van der Waals surface area contributed by atoms with Gasteiger partial charge in [0.15, 0.2) is 5.65 Å². The molecule has 1 aliphatic rings. The minimum absolute atomic E-state index is 0.162. The van der Waals surface area contributed by atoms with Crippen molar-refractivity contribution in [2.45, 2.75) is 38.5 Å². The van der Waals surface area contributed by atoms with Gasteiger partial charge in [0.1, 0.15) is 29.4 Å². The Bertz CT molecular complexity index is 1020. The van der Waals surface area contributed by atoms with Gasteiger partial charge in [0, 0.05) is 18.2 Å². The summed E-state index contributed by atoms with van der Waals surface area (Å²) in [6.07, 6.45) is 5.42. The molecule has 0 bridgehead atoms. The van der Waals surface area contributed by atoms with Crippen molar-refractivity contribution in [3.8, 4) is 11.8 Å². The standard InChI is InChI=1S/C21H21FN4O/c1-14-18(9-10-26-19(11-15-3-4-15)24-25-20(14)26)27-13-21(2,12-23)16-5-7-17(22)8-6-16/h5-10,15H,3-4,11,13H2,1-2H3/t21-/m1/s1. The van der Waals surface area contributed by atoms with E-state index in [1.165, 1.54) is 25.0 Å². The lowest BCUT2D eigenvalue weighted by Gasteiger charge is -2.23. The summed E-state index contributed by atoms with van der Waals surface area (Å²) in [4.78, 5) is 0. The van der Waals surface area contributed by atoms with E-state index in [0.717, 1.165) is 34.9 Å². The summed E-state index contributed by atoms with van der Waals surface area (Å²) >= 11 is 0. The minimum atomic E-state index is -0.878. The van der Waals surface area contributed by atoms with Gasteiger partial charge in [-0.15, -0.1) is 10.2 Å². The first-order chi connectivity index (χ1) is 13.0. The van der Waals surface area contributed by atoms with Crippen LogP contribution in [0.1, 0.15) is 36.7 Å². The molecule has 138 valence electrons. The summed E-state index contributed by atoms with van der Waals surface area (Å²) in [5, 5.41) is 18.3. The van der Waals surface area contributed by atoms with E-state index in [4.69, 9.17) is 4.74 Å². The summed E-state index contributed by atoms with van der Waals surface area (Å²) in [5.41, 5.74) is 1.52. The Morgan fingerprint density at radius 1 is 1.26 bits per heavy atom. The monoisotopic (exact) mass is 364 g/mol. The molecule has 2 heterocycles. The number of benzene rings is 1. The second-order valence-corrected chi connectivity index (χ2v) is 7.50. The Labute approximate surface area is 157 Å². The van der Waals surface area contributed by atoms with Gasteiger partial charge in [-0.3, -0.25) is 4.40 Å². The zero-order valence-corrected chi connectivity index (χ0v) is 15.4. The highest BCUT2D eigenvalue weighted by atomic mass is 19.1. The SMILES string of the molecule is Cc1c(OC[C@@](C)(C#N)c2ccc(F)cc2)ccn2c(CC3CC3)nnc12. The third-order valence-electron chi connectivity index (χ3n) is 5.26. The molecule has 1 aliphatic carbocycles. The van der Waals surface area contributed by atoms with Gasteiger partial charge in [-0.25, -0.2) is 4.39 Å². The first-order valence-corrected chi connectivity index (χ1v) is 9.13. The second-order valence-electron chi connectivity index (χ2n) is 7.50. The molecule has 1 atom stereocenters. The van der Waals surface area contributed by atoms with Gasteiger partial charge >= 0.3 is 0 Å². The lowest BCUT2D eigenvalue weighted by molar-refractivity contribution is 0.261. The molecule has 1 aromatic carbocycles. The van der Waals surface area contributed by atoms with Gasteiger partial charge in [0.2, 0.25) is 0 Å². The fraction of sp³-hybridized carbons (Fsp3) is 0.381. The van der Waals surface area contributed by atoms with E-state index in [9.17, 15) is 9.65 Å². The molecule has 27 heavy (non-hydrogen) atoms. The maximum Gasteiger partial charge on any atom is 0.167 e. The van der Waals surface area contributed by atoms with E-state index in [-0.39, 0.29) is 12.4 Å². The Balaban J connectivity index is 1.56. The number of ether oxygens (including phenoxy) is 1. The van der Waals surface area contributed by atoms with Crippen LogP contribution in [0.2, 0.25) is 0 Å². The van der Waals surface area contributed by atoms with Crippen molar-refractivity contribution < 1.29 is 9.13 Å². The van der Waals surface area contributed by atoms with Crippen LogP contribution in [-0.2, 0) is 11.8 Å². The van der Waals surface area contributed by atoms with Crippen molar-refractivity contribution in [1.82, 2.24) is 14.6 Å². The van der Waals surface area contributed by atoms with E-state index in [2.05, 4.69) is 16.3 Å². The van der Waals surface area contributed by atoms with Crippen molar-refractivity contribution in [2.75, 3.05) is 6.61 Å². The summed E-state index contributed by atoms with van der Waals surface area (Å²) in [6, 6.07) is 10.2. The van der Waals surface area contributed by atoms with Crippen molar-refractivity contribution in [3.05, 3.63) is 59.3 Å². The Morgan fingerprint density at radius 3 is 2.67 bits per heavy atom. The first-order valence-electron chi connectivity index (χ1n) is 9.13. The Morgan fingerprint density at radius 2 is 2.00 bits per heavy atom. The first kappa shape index (κ1) is 17.5. The highest BCUT2D eigenvalue weighted by molar-refractivity contribution is 5.54. The number of aromatic nitrogens is 3. The van der Waals surface area contributed by atoms with E-state index in [0.29, 0.717) is 5.75 Å². The number of hydrogen-bond donors (Lipinski definition) is 0. The van der Waals surface area contributed by atoms with Gasteiger partial charge in [-0.1, -0.05) is 12.1 Å². The summed E-state index contributed by atoms with van der Waals surface area (Å²) < 4.78 is 21.2. The van der Waals surface area contributed by atoms with Crippen molar-refractivity contribution in [1.29, 1.82) is 5.26 Å². The molecule has 1 saturated carbocycles. The van der Waals surface area contributed by atoms with Gasteiger partial charge in [-0.05, 0) is 56.4 Å². The molecule has 5 nitrogen and oxygen atoms in total. The summed E-state index contributed by atoms with van der Waals surface area (Å²) in [5.74, 6) is 2.07. The number of fused-ring (bicyclic) bond motifs is 1. The van der Waals surface area contributed by atoms with Crippen LogP contribution in [0.25, 0.3) is 5.65 Å². The van der Waals surface area contributed by atoms with Crippen LogP contribution in [0.15, 0.2) is 36.5 Å². The van der Waals surface area contributed by atoms with E-state index in [1.54, 1.807) is 19.1 Å². The number of halogens is 1. The van der Waals surface area contributed by atoms with Crippen LogP contribution in [0, 0.1) is 30.0 Å². The van der Waals surface area contributed by atoms with Gasteiger partial charge in [0.05, 0.1) is 6.07 Å². The lowest BCUT2D eigenvalue weighted by atomic mass is 9.85. The van der Waals surface area contributed by atoms with Crippen LogP contribution in [-0.4, -0.2) is 21.2 Å². The average molecular weight is 364 g/mol. The molecule has 0 amide bonds. The lowest BCUT2D eigenvalue weighted by Crippen LogP contribution is -2.28. The van der Waals surface area contributed by atoms with Gasteiger partial charge in [0.25, 0.3) is 0 Å². The number of rotatable bonds is 6. The molecule has 0 N–H and O–H groups in total. The topological polar surface area (TPSA) is 63.2 Å². The number of pyridine rings is 1. The predicted octanol–water partition coefficient (Wildman–Crippen LogP) is 3.99. The van der Waals surface area contributed by atoms with E-state index >= 15 is 0 Å². The summed E-state index contributed by atoms with van der Waals surface area (Å²) in [7, 11) is 0. The fourth-order valence-corrected chi connectivity index (χ4v) is 3.21. The van der Waals surface area contributed by atoms with Crippen LogP contribution >= 0.6 is 0 Å². The van der Waals surface area contributed by atoms with Crippen LogP contribution in [0.5, 0.6) is 5.75 Å². The molecule has 0 aliphatic heterocycles. The number of nitriles is 1. The third-order valence-corrected chi connectivity index (χ3v) is 5.26. The highest BCUT2D eigenvalue weighted by Crippen LogP contribution is 2.33. The smallest absolute Gasteiger partial charge is 0.167 e. The molecule has 0 unspecified atom stereocenters. The fourth-order valence-electron chi connectivity index (χ4n) is 3.21. The zero-order chi connectivity index (χ0) is 19.0. The molecule has 0 saturated heterocycles. The molecule has 2 aromatic heterocycles. The highest BCUT2D eigenvalue weighted by Gasteiger charge is 2.28. The normalized spacial score (nSPS) is 16.1. The largest absolute Gasteiger partial charge is 0.491 e. The van der Waals surface area contributed by atoms with Crippen LogP contribution in [0.3, 0.4) is 0 Å². The van der Waals surface area contributed by atoms with E-state index in [1.807, 2.05) is 23.6 Å². The second kappa shape index (κ2) is 6.66. The van der Waals surface area contributed by atoms with E-state index < -0.39 is 5.41 Å². The predicted molar refractivity (Wildman–Crippen MR) is 99.0 cm³/mol. The molecular weight excluding hydrogens is 343 g/mol. The molecule has 1 fully saturated rings. The van der Waals surface area contributed by atoms with Crippen molar-refractivity contribution in [3.63, 3.8) is 0 Å². The molecular formula is C21H21FN4O. The van der Waals surface area contributed by atoms with Gasteiger partial charge < -0.3 is 4.74 Å². The van der Waals surface area contributed by atoms with Crippen molar-refractivity contribution in [2.24, 2.45) is 5.92 Å². The molecule has 6 heteroatoms. The zero-order valence-electron chi connectivity index (χ0n) is 15.4. The minimum Gasteiger partial charge on any atom is -0.491 e. The maximum atomic E-state index is 13.2. The molecule has 0 radical (unpaired) electrons.